The van der Waals surface area contributed by atoms with E-state index in [1.54, 1.807) is 0 Å². The van der Waals surface area contributed by atoms with Crippen LogP contribution in [0.25, 0.3) is 15.7 Å². The number of aromatic nitrogens is 4. The van der Waals surface area contributed by atoms with Crippen molar-refractivity contribution in [2.24, 2.45) is 0 Å². The molecule has 3 aromatic rings. The zero-order valence-electron chi connectivity index (χ0n) is 19.9. The number of fused-ring (bicyclic) bond motifs is 1. The molecule has 3 heterocycles. The number of nitrogens with two attached hydrogens (primary N) is 1. The maximum atomic E-state index is 12.6. The van der Waals surface area contributed by atoms with Crippen molar-refractivity contribution < 1.29 is 14.6 Å². The third kappa shape index (κ3) is 5.06. The van der Waals surface area contributed by atoms with Crippen LogP contribution in [0.1, 0.15) is 37.7 Å². The van der Waals surface area contributed by atoms with Gasteiger partial charge in [0.2, 0.25) is 11.0 Å². The Morgan fingerprint density at radius 3 is 2.82 bits per heavy atom. The second-order valence-electron chi connectivity index (χ2n) is 8.76. The standard InChI is InChI=1S/C23H31N7O3S/c1-13(2)33-20-6-5-16(9-18(20)24)22-26-27-23(34-22)30-15(4)17-11-29(8-7-19(17)28-30)21(32)10-25-14(3)12-31/h5-6,9,13-14,25,31H,7-8,10-12,24H2,1-4H3/t14-/m1/s1. The SMILES string of the molecule is Cc1c2c(nn1-c1nnc(-c3ccc(OC(C)C)c(N)c3)s1)CCN(C(=O)CN[C@H](C)CO)C2. The molecule has 0 unspecified atom stereocenters. The summed E-state index contributed by atoms with van der Waals surface area (Å²) < 4.78 is 7.53. The van der Waals surface area contributed by atoms with E-state index in [1.807, 2.05) is 55.5 Å². The first-order chi connectivity index (χ1) is 16.3. The Labute approximate surface area is 202 Å². The van der Waals surface area contributed by atoms with Gasteiger partial charge in [-0.1, -0.05) is 11.3 Å². The maximum absolute atomic E-state index is 12.6. The van der Waals surface area contributed by atoms with Crippen molar-refractivity contribution in [2.75, 3.05) is 25.4 Å². The number of anilines is 1. The number of amides is 1. The average molecular weight is 486 g/mol. The Balaban J connectivity index is 1.51. The quantitative estimate of drug-likeness (QED) is 0.413. The number of hydrogen-bond acceptors (Lipinski definition) is 9. The highest BCUT2D eigenvalue weighted by molar-refractivity contribution is 7.17. The largest absolute Gasteiger partial charge is 0.489 e. The number of aliphatic hydroxyl groups is 1. The number of ether oxygens (including phenoxy) is 1. The molecule has 0 aliphatic carbocycles. The number of benzene rings is 1. The molecule has 1 aromatic carbocycles. The van der Waals surface area contributed by atoms with Gasteiger partial charge in [-0.25, -0.2) is 4.68 Å². The van der Waals surface area contributed by atoms with Gasteiger partial charge in [0.1, 0.15) is 10.8 Å². The molecule has 2 aromatic heterocycles. The fourth-order valence-electron chi connectivity index (χ4n) is 3.81. The van der Waals surface area contributed by atoms with Crippen LogP contribution in [0.5, 0.6) is 5.75 Å². The van der Waals surface area contributed by atoms with E-state index in [2.05, 4.69) is 15.5 Å². The first-order valence-electron chi connectivity index (χ1n) is 11.4. The average Bonchev–Trinajstić information content (AvgIpc) is 3.43. The fourth-order valence-corrected chi connectivity index (χ4v) is 4.65. The summed E-state index contributed by atoms with van der Waals surface area (Å²) in [5, 5.41) is 27.1. The minimum atomic E-state index is -0.116. The van der Waals surface area contributed by atoms with Gasteiger partial charge in [0.05, 0.1) is 30.6 Å². The molecule has 1 amide bonds. The maximum Gasteiger partial charge on any atom is 0.236 e. The van der Waals surface area contributed by atoms with Crippen molar-refractivity contribution in [3.63, 3.8) is 0 Å². The van der Waals surface area contributed by atoms with Crippen molar-refractivity contribution in [2.45, 2.75) is 52.8 Å². The number of aliphatic hydroxyl groups excluding tert-OH is 1. The van der Waals surface area contributed by atoms with Crippen LogP contribution in [0.15, 0.2) is 18.2 Å². The van der Waals surface area contributed by atoms with Crippen LogP contribution in [0.2, 0.25) is 0 Å². The molecule has 10 nitrogen and oxygen atoms in total. The number of carbonyl (C=O) groups excluding carboxylic acids is 1. The molecule has 182 valence electrons. The predicted octanol–water partition coefficient (Wildman–Crippen LogP) is 1.92. The Kier molecular flexibility index (Phi) is 7.15. The predicted molar refractivity (Wildman–Crippen MR) is 131 cm³/mol. The van der Waals surface area contributed by atoms with Gasteiger partial charge in [-0.05, 0) is 45.9 Å². The minimum Gasteiger partial charge on any atom is -0.489 e. The summed E-state index contributed by atoms with van der Waals surface area (Å²) in [5.41, 5.74) is 10.6. The molecular weight excluding hydrogens is 454 g/mol. The monoisotopic (exact) mass is 485 g/mol. The van der Waals surface area contributed by atoms with E-state index in [4.69, 9.17) is 20.7 Å². The third-order valence-corrected chi connectivity index (χ3v) is 6.68. The minimum absolute atomic E-state index is 0.00436. The van der Waals surface area contributed by atoms with Crippen molar-refractivity contribution in [1.29, 1.82) is 0 Å². The van der Waals surface area contributed by atoms with Gasteiger partial charge in [0.15, 0.2) is 0 Å². The summed E-state index contributed by atoms with van der Waals surface area (Å²) in [6.07, 6.45) is 0.728. The number of rotatable bonds is 8. The van der Waals surface area contributed by atoms with Crippen LogP contribution in [0.4, 0.5) is 5.69 Å². The van der Waals surface area contributed by atoms with E-state index in [0.29, 0.717) is 36.1 Å². The van der Waals surface area contributed by atoms with Crippen molar-refractivity contribution >= 4 is 22.9 Å². The highest BCUT2D eigenvalue weighted by Gasteiger charge is 2.27. The smallest absolute Gasteiger partial charge is 0.236 e. The topological polar surface area (TPSA) is 131 Å². The second-order valence-corrected chi connectivity index (χ2v) is 9.72. The van der Waals surface area contributed by atoms with Crippen LogP contribution in [-0.4, -0.2) is 67.7 Å². The molecule has 0 spiro atoms. The summed E-state index contributed by atoms with van der Waals surface area (Å²) in [6.45, 7) is 9.07. The second kappa shape index (κ2) is 10.1. The zero-order chi connectivity index (χ0) is 24.4. The molecule has 4 N–H and O–H groups in total. The van der Waals surface area contributed by atoms with Gasteiger partial charge in [-0.2, -0.15) is 5.10 Å². The molecular formula is C23H31N7O3S. The number of nitrogen functional groups attached to an aromatic ring is 1. The van der Waals surface area contributed by atoms with E-state index < -0.39 is 0 Å². The molecule has 0 fully saturated rings. The molecule has 0 bridgehead atoms. The van der Waals surface area contributed by atoms with Crippen LogP contribution in [0.3, 0.4) is 0 Å². The molecule has 1 aliphatic heterocycles. The number of hydrogen-bond donors (Lipinski definition) is 3. The first-order valence-corrected chi connectivity index (χ1v) is 12.2. The molecule has 11 heteroatoms. The Bertz CT molecular complexity index is 1170. The number of carbonyl (C=O) groups is 1. The molecule has 0 saturated carbocycles. The lowest BCUT2D eigenvalue weighted by Gasteiger charge is -2.27. The lowest BCUT2D eigenvalue weighted by molar-refractivity contribution is -0.131. The Hall–Kier alpha value is -3.02. The highest BCUT2D eigenvalue weighted by Crippen LogP contribution is 2.33. The van der Waals surface area contributed by atoms with Gasteiger partial charge >= 0.3 is 0 Å². The van der Waals surface area contributed by atoms with Crippen LogP contribution < -0.4 is 15.8 Å². The Morgan fingerprint density at radius 2 is 2.12 bits per heavy atom. The summed E-state index contributed by atoms with van der Waals surface area (Å²) in [4.78, 5) is 14.4. The van der Waals surface area contributed by atoms with Crippen LogP contribution in [-0.2, 0) is 17.8 Å². The first kappa shape index (κ1) is 24.1. The summed E-state index contributed by atoms with van der Waals surface area (Å²) in [7, 11) is 0. The summed E-state index contributed by atoms with van der Waals surface area (Å²) >= 11 is 1.43. The third-order valence-electron chi connectivity index (χ3n) is 5.73. The normalized spacial score (nSPS) is 14.4. The molecule has 34 heavy (non-hydrogen) atoms. The lowest BCUT2D eigenvalue weighted by Crippen LogP contribution is -2.43. The molecule has 0 saturated heterocycles. The van der Waals surface area contributed by atoms with Gasteiger partial charge < -0.3 is 25.8 Å². The van der Waals surface area contributed by atoms with Gasteiger partial charge in [-0.15, -0.1) is 10.2 Å². The molecule has 4 rings (SSSR count). The molecule has 1 aliphatic rings. The van der Waals surface area contributed by atoms with E-state index in [9.17, 15) is 4.79 Å². The molecule has 1 atom stereocenters. The van der Waals surface area contributed by atoms with Crippen molar-refractivity contribution in [3.05, 3.63) is 35.2 Å². The Morgan fingerprint density at radius 1 is 1.32 bits per heavy atom. The number of nitrogens with zero attached hydrogens (tertiary/aromatic N) is 5. The summed E-state index contributed by atoms with van der Waals surface area (Å²) in [6, 6.07) is 5.51. The van der Waals surface area contributed by atoms with E-state index in [1.165, 1.54) is 11.3 Å². The van der Waals surface area contributed by atoms with E-state index in [-0.39, 0.29) is 31.2 Å². The number of nitrogens with one attached hydrogen (secondary N) is 1. The van der Waals surface area contributed by atoms with E-state index >= 15 is 0 Å². The fraction of sp³-hybridized carbons (Fsp3) is 0.478. The van der Waals surface area contributed by atoms with Crippen molar-refractivity contribution in [3.8, 4) is 21.5 Å². The van der Waals surface area contributed by atoms with Crippen LogP contribution >= 0.6 is 11.3 Å². The van der Waals surface area contributed by atoms with Gasteiger partial charge in [0.25, 0.3) is 0 Å². The lowest BCUT2D eigenvalue weighted by atomic mass is 10.1. The van der Waals surface area contributed by atoms with Gasteiger partial charge in [0, 0.05) is 42.4 Å². The van der Waals surface area contributed by atoms with E-state index in [0.717, 1.165) is 27.5 Å². The highest BCUT2D eigenvalue weighted by atomic mass is 32.1. The summed E-state index contributed by atoms with van der Waals surface area (Å²) in [5.74, 6) is 0.665. The van der Waals surface area contributed by atoms with Crippen molar-refractivity contribution in [1.82, 2.24) is 30.2 Å². The van der Waals surface area contributed by atoms with Gasteiger partial charge in [-0.3, -0.25) is 4.79 Å². The zero-order valence-corrected chi connectivity index (χ0v) is 20.7. The van der Waals surface area contributed by atoms with Crippen LogP contribution in [0, 0.1) is 6.92 Å². The molecule has 0 radical (unpaired) electrons.